The molecule has 0 saturated carbocycles. The summed E-state index contributed by atoms with van der Waals surface area (Å²) in [5.41, 5.74) is 1.86. The van der Waals surface area contributed by atoms with Crippen molar-refractivity contribution in [2.75, 3.05) is 23.8 Å². The van der Waals surface area contributed by atoms with Crippen LogP contribution in [-0.4, -0.2) is 30.9 Å². The third-order valence-electron chi connectivity index (χ3n) is 3.71. The van der Waals surface area contributed by atoms with Crippen LogP contribution in [0.4, 0.5) is 15.8 Å². The van der Waals surface area contributed by atoms with E-state index in [2.05, 4.69) is 10.6 Å². The van der Waals surface area contributed by atoms with Crippen molar-refractivity contribution < 1.29 is 18.7 Å². The van der Waals surface area contributed by atoms with Gasteiger partial charge >= 0.3 is 0 Å². The largest absolute Gasteiger partial charge is 0.375 e. The van der Waals surface area contributed by atoms with E-state index < -0.39 is 5.79 Å². The second-order valence-corrected chi connectivity index (χ2v) is 5.90. The van der Waals surface area contributed by atoms with Gasteiger partial charge in [-0.25, -0.2) is 4.39 Å². The summed E-state index contributed by atoms with van der Waals surface area (Å²) in [6, 6.07) is 3.00. The molecular weight excluding hydrogens is 275 g/mol. The normalized spacial score (nSPS) is 21.6. The lowest BCUT2D eigenvalue weighted by atomic mass is 10.0. The Balaban J connectivity index is 1.74. The number of carbonyl (C=O) groups excluding carboxylic acids is 1. The van der Waals surface area contributed by atoms with Gasteiger partial charge < -0.3 is 20.1 Å². The molecule has 0 aliphatic carbocycles. The van der Waals surface area contributed by atoms with Crippen LogP contribution in [0.1, 0.15) is 25.8 Å². The van der Waals surface area contributed by atoms with E-state index in [9.17, 15) is 9.18 Å². The summed E-state index contributed by atoms with van der Waals surface area (Å²) in [6.07, 6.45) is 0.973. The highest BCUT2D eigenvalue weighted by Crippen LogP contribution is 2.29. The Morgan fingerprint density at radius 3 is 2.71 bits per heavy atom. The quantitative estimate of drug-likeness (QED) is 0.878. The van der Waals surface area contributed by atoms with E-state index in [-0.39, 0.29) is 17.8 Å². The molecule has 6 heteroatoms. The van der Waals surface area contributed by atoms with Crippen LogP contribution in [0.5, 0.6) is 0 Å². The van der Waals surface area contributed by atoms with Crippen LogP contribution in [0.15, 0.2) is 12.1 Å². The Hall–Kier alpha value is -1.66. The average molecular weight is 294 g/mol. The Labute approximate surface area is 122 Å². The molecule has 5 nitrogen and oxygen atoms in total. The van der Waals surface area contributed by atoms with Crippen LogP contribution in [0.25, 0.3) is 0 Å². The molecule has 1 saturated heterocycles. The summed E-state index contributed by atoms with van der Waals surface area (Å²) >= 11 is 0. The maximum absolute atomic E-state index is 14.1. The minimum absolute atomic E-state index is 0.0360. The van der Waals surface area contributed by atoms with Crippen molar-refractivity contribution in [1.82, 2.24) is 0 Å². The van der Waals surface area contributed by atoms with Crippen molar-refractivity contribution in [3.05, 3.63) is 23.5 Å². The number of hydrogen-bond donors (Lipinski definition) is 2. The lowest BCUT2D eigenvalue weighted by molar-refractivity contribution is -0.247. The van der Waals surface area contributed by atoms with E-state index in [0.29, 0.717) is 37.4 Å². The Bertz CT molecular complexity index is 564. The first-order chi connectivity index (χ1) is 9.93. The minimum atomic E-state index is -0.597. The van der Waals surface area contributed by atoms with Crippen molar-refractivity contribution in [3.63, 3.8) is 0 Å². The molecule has 0 radical (unpaired) electrons. The van der Waals surface area contributed by atoms with Gasteiger partial charge in [0.05, 0.1) is 24.9 Å². The number of halogens is 1. The first kappa shape index (κ1) is 14.3. The van der Waals surface area contributed by atoms with Crippen molar-refractivity contribution in [3.8, 4) is 0 Å². The molecule has 0 unspecified atom stereocenters. The summed E-state index contributed by atoms with van der Waals surface area (Å²) in [4.78, 5) is 11.4. The third kappa shape index (κ3) is 3.16. The average Bonchev–Trinajstić information content (AvgIpc) is 2.42. The molecule has 2 aliphatic heterocycles. The van der Waals surface area contributed by atoms with E-state index in [1.165, 1.54) is 6.07 Å². The van der Waals surface area contributed by atoms with Crippen LogP contribution in [0, 0.1) is 5.82 Å². The molecule has 2 aliphatic rings. The Morgan fingerprint density at radius 1 is 1.29 bits per heavy atom. The van der Waals surface area contributed by atoms with Gasteiger partial charge in [0, 0.05) is 12.1 Å². The predicted molar refractivity (Wildman–Crippen MR) is 76.7 cm³/mol. The molecule has 1 aromatic carbocycles. The van der Waals surface area contributed by atoms with E-state index in [4.69, 9.17) is 9.47 Å². The SMILES string of the molecule is CC1(C)OCC(Nc2cc3c(cc2F)CCC(=O)N3)CO1. The number of ether oxygens (including phenoxy) is 2. The topological polar surface area (TPSA) is 59.6 Å². The van der Waals surface area contributed by atoms with Gasteiger partial charge in [-0.2, -0.15) is 0 Å². The molecule has 0 aromatic heterocycles. The number of hydrogen-bond acceptors (Lipinski definition) is 4. The molecule has 0 atom stereocenters. The van der Waals surface area contributed by atoms with Gasteiger partial charge in [0.1, 0.15) is 5.82 Å². The summed E-state index contributed by atoms with van der Waals surface area (Å²) in [5, 5.41) is 5.85. The second kappa shape index (κ2) is 5.27. The number of aryl methyl sites for hydroxylation is 1. The zero-order valence-electron chi connectivity index (χ0n) is 12.2. The lowest BCUT2D eigenvalue weighted by Crippen LogP contribution is -2.45. The zero-order valence-corrected chi connectivity index (χ0v) is 12.2. The van der Waals surface area contributed by atoms with Gasteiger partial charge in [-0.15, -0.1) is 0 Å². The van der Waals surface area contributed by atoms with Gasteiger partial charge in [-0.3, -0.25) is 4.79 Å². The predicted octanol–water partition coefficient (Wildman–Crippen LogP) is 2.27. The van der Waals surface area contributed by atoms with Gasteiger partial charge in [0.25, 0.3) is 0 Å². The summed E-state index contributed by atoms with van der Waals surface area (Å²) in [6.45, 7) is 4.57. The number of nitrogens with one attached hydrogen (secondary N) is 2. The summed E-state index contributed by atoms with van der Waals surface area (Å²) in [7, 11) is 0. The van der Waals surface area contributed by atoms with Crippen molar-refractivity contribution >= 4 is 17.3 Å². The molecule has 114 valence electrons. The molecule has 0 bridgehead atoms. The fourth-order valence-electron chi connectivity index (χ4n) is 2.50. The van der Waals surface area contributed by atoms with E-state index in [0.717, 1.165) is 5.56 Å². The number of benzene rings is 1. The first-order valence-corrected chi connectivity index (χ1v) is 7.10. The van der Waals surface area contributed by atoms with Crippen LogP contribution >= 0.6 is 0 Å². The van der Waals surface area contributed by atoms with Gasteiger partial charge in [0.2, 0.25) is 5.91 Å². The standard InChI is InChI=1S/C15H19FN2O3/c1-15(2)20-7-10(8-21-15)17-13-6-12-9(5-11(13)16)3-4-14(19)18-12/h5-6,10,17H,3-4,7-8H2,1-2H3,(H,18,19). The van der Waals surface area contributed by atoms with Crippen LogP contribution < -0.4 is 10.6 Å². The van der Waals surface area contributed by atoms with Gasteiger partial charge in [0.15, 0.2) is 5.79 Å². The number of amides is 1. The first-order valence-electron chi connectivity index (χ1n) is 7.10. The summed E-state index contributed by atoms with van der Waals surface area (Å²) in [5.74, 6) is -0.957. The van der Waals surface area contributed by atoms with E-state index >= 15 is 0 Å². The lowest BCUT2D eigenvalue weighted by Gasteiger charge is -2.35. The molecule has 0 spiro atoms. The third-order valence-corrected chi connectivity index (χ3v) is 3.71. The molecule has 3 rings (SSSR count). The molecule has 1 aromatic rings. The number of carbonyl (C=O) groups is 1. The molecule has 21 heavy (non-hydrogen) atoms. The van der Waals surface area contributed by atoms with Crippen LogP contribution in [0.2, 0.25) is 0 Å². The fraction of sp³-hybridized carbons (Fsp3) is 0.533. The van der Waals surface area contributed by atoms with Gasteiger partial charge in [-0.1, -0.05) is 0 Å². The number of fused-ring (bicyclic) bond motifs is 1. The zero-order chi connectivity index (χ0) is 15.0. The Kier molecular flexibility index (Phi) is 3.59. The fourth-order valence-corrected chi connectivity index (χ4v) is 2.50. The highest BCUT2D eigenvalue weighted by atomic mass is 19.1. The highest BCUT2D eigenvalue weighted by molar-refractivity contribution is 5.94. The monoisotopic (exact) mass is 294 g/mol. The second-order valence-electron chi connectivity index (χ2n) is 5.90. The molecule has 1 amide bonds. The van der Waals surface area contributed by atoms with Crippen molar-refractivity contribution in [1.29, 1.82) is 0 Å². The number of anilines is 2. The van der Waals surface area contributed by atoms with Crippen LogP contribution in [-0.2, 0) is 20.7 Å². The number of rotatable bonds is 2. The molecule has 1 fully saturated rings. The maximum atomic E-state index is 14.1. The Morgan fingerprint density at radius 2 is 2.00 bits per heavy atom. The minimum Gasteiger partial charge on any atom is -0.375 e. The summed E-state index contributed by atoms with van der Waals surface area (Å²) < 4.78 is 25.2. The molecule has 2 N–H and O–H groups in total. The van der Waals surface area contributed by atoms with Gasteiger partial charge in [-0.05, 0) is 38.0 Å². The van der Waals surface area contributed by atoms with Crippen LogP contribution in [0.3, 0.4) is 0 Å². The smallest absolute Gasteiger partial charge is 0.224 e. The molecule has 2 heterocycles. The molecular formula is C15H19FN2O3. The van der Waals surface area contributed by atoms with E-state index in [1.807, 2.05) is 13.8 Å². The van der Waals surface area contributed by atoms with Crippen molar-refractivity contribution in [2.45, 2.75) is 38.5 Å². The van der Waals surface area contributed by atoms with E-state index in [1.54, 1.807) is 6.07 Å². The van der Waals surface area contributed by atoms with Crippen molar-refractivity contribution in [2.24, 2.45) is 0 Å². The maximum Gasteiger partial charge on any atom is 0.224 e. The highest BCUT2D eigenvalue weighted by Gasteiger charge is 2.29.